The Morgan fingerprint density at radius 1 is 1.38 bits per heavy atom. The molecular weight excluding hydrogens is 185 g/mol. The summed E-state index contributed by atoms with van der Waals surface area (Å²) in [4.78, 5) is 9.68. The zero-order valence-corrected chi connectivity index (χ0v) is 6.31. The summed E-state index contributed by atoms with van der Waals surface area (Å²) in [5.74, 6) is -0.790. The van der Waals surface area contributed by atoms with E-state index >= 15 is 0 Å². The Labute approximate surface area is 96.5 Å². The van der Waals surface area contributed by atoms with Gasteiger partial charge in [-0.3, -0.25) is 10.1 Å². The molecule has 66 valence electrons. The van der Waals surface area contributed by atoms with E-state index in [9.17, 15) is 10.1 Å². The van der Waals surface area contributed by atoms with Crippen molar-refractivity contribution in [2.75, 3.05) is 0 Å². The van der Waals surface area contributed by atoms with Crippen molar-refractivity contribution in [3.63, 3.8) is 0 Å². The van der Waals surface area contributed by atoms with Crippen LogP contribution in [0.4, 0.5) is 5.69 Å². The molecule has 0 bridgehead atoms. The Morgan fingerprint density at radius 2 is 1.92 bits per heavy atom. The molecule has 0 aliphatic carbocycles. The molecule has 6 heteroatoms. The number of nitro groups is 1. The average Bonchev–Trinajstić information content (AvgIpc) is 2.00. The molecular formula is C7H8NNaO4. The predicted octanol–water partition coefficient (Wildman–Crippen LogP) is 0.666. The van der Waals surface area contributed by atoms with Crippen molar-refractivity contribution >= 4 is 35.2 Å². The summed E-state index contributed by atoms with van der Waals surface area (Å²) in [6, 6.07) is 2.23. The Hall–Kier alpha value is -0.780. The predicted molar refractivity (Wildman–Crippen MR) is 48.3 cm³/mol. The number of rotatable bonds is 1. The summed E-state index contributed by atoms with van der Waals surface area (Å²) < 4.78 is 0. The van der Waals surface area contributed by atoms with Crippen molar-refractivity contribution in [1.82, 2.24) is 0 Å². The normalized spacial score (nSPS) is 9.00. The van der Waals surface area contributed by atoms with E-state index in [0.717, 1.165) is 12.1 Å². The zero-order chi connectivity index (χ0) is 9.30. The van der Waals surface area contributed by atoms with Gasteiger partial charge in [-0.15, -0.1) is 0 Å². The number of nitro benzene ring substituents is 1. The van der Waals surface area contributed by atoms with Crippen molar-refractivity contribution in [2.45, 2.75) is 6.92 Å². The minimum atomic E-state index is -0.617. The van der Waals surface area contributed by atoms with E-state index in [1.807, 2.05) is 0 Å². The molecule has 0 saturated carbocycles. The van der Waals surface area contributed by atoms with Crippen LogP contribution < -0.4 is 0 Å². The van der Waals surface area contributed by atoms with Gasteiger partial charge in [-0.25, -0.2) is 0 Å². The monoisotopic (exact) mass is 193 g/mol. The second kappa shape index (κ2) is 4.45. The van der Waals surface area contributed by atoms with Crippen molar-refractivity contribution in [3.05, 3.63) is 27.8 Å². The van der Waals surface area contributed by atoms with Crippen LogP contribution in [0.3, 0.4) is 0 Å². The molecule has 2 N–H and O–H groups in total. The molecule has 5 nitrogen and oxygen atoms in total. The third-order valence-corrected chi connectivity index (χ3v) is 1.58. The van der Waals surface area contributed by atoms with E-state index in [1.165, 1.54) is 6.92 Å². The van der Waals surface area contributed by atoms with E-state index in [4.69, 9.17) is 10.2 Å². The quantitative estimate of drug-likeness (QED) is 0.297. The van der Waals surface area contributed by atoms with Gasteiger partial charge in [0, 0.05) is 6.07 Å². The van der Waals surface area contributed by atoms with Gasteiger partial charge in [-0.1, -0.05) is 0 Å². The molecule has 0 saturated heterocycles. The summed E-state index contributed by atoms with van der Waals surface area (Å²) in [5.41, 5.74) is -0.134. The van der Waals surface area contributed by atoms with Gasteiger partial charge >= 0.3 is 29.6 Å². The standard InChI is InChI=1S/C7H7NO4.Na.H/c1-4-5(8(11)12)2-3-6(9)7(4)10;;/h2-3,9-10H,1H3;;. The van der Waals surface area contributed by atoms with E-state index in [0.29, 0.717) is 0 Å². The molecule has 0 aromatic heterocycles. The summed E-state index contributed by atoms with van der Waals surface area (Å²) in [7, 11) is 0. The van der Waals surface area contributed by atoms with Crippen LogP contribution in [-0.2, 0) is 0 Å². The molecule has 0 amide bonds. The van der Waals surface area contributed by atoms with Crippen LogP contribution in [0.2, 0.25) is 0 Å². The number of aromatic hydroxyl groups is 2. The van der Waals surface area contributed by atoms with Crippen LogP contribution in [0.15, 0.2) is 12.1 Å². The number of phenolic OH excluding ortho intramolecular Hbond substituents is 2. The molecule has 0 radical (unpaired) electrons. The maximum absolute atomic E-state index is 10.3. The second-order valence-corrected chi connectivity index (χ2v) is 2.33. The van der Waals surface area contributed by atoms with E-state index in [1.54, 1.807) is 0 Å². The van der Waals surface area contributed by atoms with Crippen LogP contribution in [0, 0.1) is 17.0 Å². The van der Waals surface area contributed by atoms with Crippen LogP contribution in [0.1, 0.15) is 5.56 Å². The molecule has 0 spiro atoms. The molecule has 0 atom stereocenters. The molecule has 0 unspecified atom stereocenters. The number of benzene rings is 1. The molecule has 0 aliphatic rings. The molecule has 13 heavy (non-hydrogen) atoms. The molecule has 1 rings (SSSR count). The third kappa shape index (κ3) is 2.33. The first-order chi connectivity index (χ1) is 5.54. The first-order valence-corrected chi connectivity index (χ1v) is 3.20. The van der Waals surface area contributed by atoms with Crippen LogP contribution in [0.5, 0.6) is 11.5 Å². The van der Waals surface area contributed by atoms with Crippen molar-refractivity contribution in [2.24, 2.45) is 0 Å². The molecule has 0 heterocycles. The Balaban J connectivity index is 0.00000144. The number of hydrogen-bond acceptors (Lipinski definition) is 4. The van der Waals surface area contributed by atoms with Crippen molar-refractivity contribution in [3.8, 4) is 11.5 Å². The Kier molecular flexibility index (Phi) is 4.19. The summed E-state index contributed by atoms with van der Waals surface area (Å²) in [6.07, 6.45) is 0. The SMILES string of the molecule is Cc1c([N+](=O)[O-])ccc(O)c1O.[NaH]. The van der Waals surface area contributed by atoms with Gasteiger partial charge in [0.25, 0.3) is 5.69 Å². The first kappa shape index (κ1) is 12.2. The fraction of sp³-hybridized carbons (Fsp3) is 0.143. The van der Waals surface area contributed by atoms with Gasteiger partial charge in [0.1, 0.15) is 0 Å². The summed E-state index contributed by atoms with van der Waals surface area (Å²) in [5, 5.41) is 28.3. The van der Waals surface area contributed by atoms with Gasteiger partial charge in [0.15, 0.2) is 11.5 Å². The fourth-order valence-electron chi connectivity index (χ4n) is 0.873. The van der Waals surface area contributed by atoms with Gasteiger partial charge in [0.05, 0.1) is 10.5 Å². The molecule has 1 aromatic carbocycles. The molecule has 1 aromatic rings. The van der Waals surface area contributed by atoms with Gasteiger partial charge in [0.2, 0.25) is 0 Å². The van der Waals surface area contributed by atoms with Gasteiger partial charge < -0.3 is 10.2 Å². The van der Waals surface area contributed by atoms with Crippen LogP contribution in [0.25, 0.3) is 0 Å². The van der Waals surface area contributed by atoms with E-state index in [2.05, 4.69) is 0 Å². The van der Waals surface area contributed by atoms with Crippen molar-refractivity contribution < 1.29 is 15.1 Å². The van der Waals surface area contributed by atoms with Crippen LogP contribution >= 0.6 is 0 Å². The van der Waals surface area contributed by atoms with Crippen molar-refractivity contribution in [1.29, 1.82) is 0 Å². The Bertz CT molecular complexity index is 340. The molecule has 0 fully saturated rings. The Morgan fingerprint density at radius 3 is 2.38 bits per heavy atom. The average molecular weight is 193 g/mol. The van der Waals surface area contributed by atoms with Gasteiger partial charge in [-0.05, 0) is 13.0 Å². The number of hydrogen-bond donors (Lipinski definition) is 2. The zero-order valence-electron chi connectivity index (χ0n) is 6.31. The second-order valence-electron chi connectivity index (χ2n) is 2.33. The third-order valence-electron chi connectivity index (χ3n) is 1.58. The summed E-state index contributed by atoms with van der Waals surface area (Å²) >= 11 is 0. The topological polar surface area (TPSA) is 83.6 Å². The maximum atomic E-state index is 10.3. The first-order valence-electron chi connectivity index (χ1n) is 3.20. The fourth-order valence-corrected chi connectivity index (χ4v) is 0.873. The number of phenols is 2. The van der Waals surface area contributed by atoms with Crippen LogP contribution in [-0.4, -0.2) is 44.7 Å². The van der Waals surface area contributed by atoms with Gasteiger partial charge in [-0.2, -0.15) is 0 Å². The molecule has 0 aliphatic heterocycles. The van der Waals surface area contributed by atoms with E-state index < -0.39 is 10.7 Å². The summed E-state index contributed by atoms with van der Waals surface area (Å²) in [6.45, 7) is 1.37. The number of nitrogens with zero attached hydrogens (tertiary/aromatic N) is 1. The minimum absolute atomic E-state index is 0. The van der Waals surface area contributed by atoms with E-state index in [-0.39, 0.29) is 46.6 Å².